The molecule has 1 aromatic heterocycles. The number of carbonyl (C=O) groups excluding carboxylic acids is 3. The lowest BCUT2D eigenvalue weighted by molar-refractivity contribution is -0.142. The zero-order valence-electron chi connectivity index (χ0n) is 17.4. The average molecular weight is 456 g/mol. The van der Waals surface area contributed by atoms with Gasteiger partial charge in [0.25, 0.3) is 5.91 Å². The molecule has 2 aromatic carbocycles. The molecule has 166 valence electrons. The molecule has 0 aliphatic heterocycles. The minimum absolute atomic E-state index is 0.196. The summed E-state index contributed by atoms with van der Waals surface area (Å²) in [6.07, 6.45) is 2.88. The molecule has 0 saturated carbocycles. The first-order valence-corrected chi connectivity index (χ1v) is 10.3. The second-order valence-electron chi connectivity index (χ2n) is 6.71. The molecule has 0 radical (unpaired) electrons. The van der Waals surface area contributed by atoms with E-state index in [4.69, 9.17) is 21.1 Å². The van der Waals surface area contributed by atoms with E-state index < -0.39 is 24.5 Å². The number of ether oxygens (including phenoxy) is 2. The zero-order valence-corrected chi connectivity index (χ0v) is 18.2. The van der Waals surface area contributed by atoms with E-state index in [2.05, 4.69) is 5.10 Å². The third-order valence-corrected chi connectivity index (χ3v) is 4.82. The summed E-state index contributed by atoms with van der Waals surface area (Å²) < 4.78 is 11.6. The lowest BCUT2D eigenvalue weighted by Gasteiger charge is -2.21. The number of carbonyl (C=O) groups is 3. The first-order valence-electron chi connectivity index (χ1n) is 9.92. The molecule has 0 aliphatic carbocycles. The van der Waals surface area contributed by atoms with Gasteiger partial charge in [0.15, 0.2) is 6.61 Å². The predicted octanol–water partition coefficient (Wildman–Crippen LogP) is 3.34. The minimum Gasteiger partial charge on any atom is -0.465 e. The Morgan fingerprint density at radius 1 is 1.03 bits per heavy atom. The fourth-order valence-corrected chi connectivity index (χ4v) is 3.11. The molecule has 1 amide bonds. The second kappa shape index (κ2) is 11.1. The van der Waals surface area contributed by atoms with Crippen molar-refractivity contribution < 1.29 is 23.9 Å². The van der Waals surface area contributed by atoms with Crippen LogP contribution in [0, 0.1) is 0 Å². The van der Waals surface area contributed by atoms with Gasteiger partial charge in [0, 0.05) is 16.9 Å². The number of hydrogen-bond donors (Lipinski definition) is 0. The highest BCUT2D eigenvalue weighted by Crippen LogP contribution is 2.17. The Labute approximate surface area is 190 Å². The van der Waals surface area contributed by atoms with Gasteiger partial charge in [0.2, 0.25) is 0 Å². The summed E-state index contributed by atoms with van der Waals surface area (Å²) in [5.74, 6) is -1.81. The Balaban J connectivity index is 1.62. The lowest BCUT2D eigenvalue weighted by Crippen LogP contribution is -2.39. The van der Waals surface area contributed by atoms with E-state index in [0.717, 1.165) is 5.56 Å². The van der Waals surface area contributed by atoms with Gasteiger partial charge in [-0.05, 0) is 30.7 Å². The van der Waals surface area contributed by atoms with Gasteiger partial charge >= 0.3 is 11.9 Å². The number of hydrogen-bond acceptors (Lipinski definition) is 6. The Bertz CT molecular complexity index is 1080. The maximum atomic E-state index is 12.7. The van der Waals surface area contributed by atoms with Crippen molar-refractivity contribution in [1.29, 1.82) is 0 Å². The number of nitrogens with zero attached hydrogens (tertiary/aromatic N) is 3. The van der Waals surface area contributed by atoms with Gasteiger partial charge in [-0.25, -0.2) is 4.79 Å². The van der Waals surface area contributed by atoms with Gasteiger partial charge in [-0.15, -0.1) is 0 Å². The van der Waals surface area contributed by atoms with Crippen molar-refractivity contribution >= 4 is 35.1 Å². The Morgan fingerprint density at radius 3 is 2.47 bits per heavy atom. The molecule has 32 heavy (non-hydrogen) atoms. The smallest absolute Gasteiger partial charge is 0.341 e. The Kier molecular flexibility index (Phi) is 7.99. The van der Waals surface area contributed by atoms with Crippen molar-refractivity contribution in [2.75, 3.05) is 24.7 Å². The SMILES string of the molecule is CCOC(=O)CN(C(=O)COC(=O)c1cnn(Cc2ccccc2Cl)c1)c1ccccc1. The van der Waals surface area contributed by atoms with Crippen LogP contribution in [0.3, 0.4) is 0 Å². The minimum atomic E-state index is -0.701. The number of rotatable bonds is 9. The average Bonchev–Trinajstić information content (AvgIpc) is 3.26. The number of para-hydroxylation sites is 1. The van der Waals surface area contributed by atoms with E-state index in [1.807, 2.05) is 18.2 Å². The van der Waals surface area contributed by atoms with Crippen LogP contribution in [0.15, 0.2) is 67.0 Å². The van der Waals surface area contributed by atoms with Gasteiger partial charge in [-0.2, -0.15) is 5.10 Å². The van der Waals surface area contributed by atoms with Gasteiger partial charge in [0.05, 0.1) is 24.9 Å². The molecule has 8 nitrogen and oxygen atoms in total. The summed E-state index contributed by atoms with van der Waals surface area (Å²) in [7, 11) is 0. The molecule has 0 N–H and O–H groups in total. The molecule has 0 atom stereocenters. The van der Waals surface area contributed by atoms with Crippen LogP contribution in [0.1, 0.15) is 22.8 Å². The number of anilines is 1. The summed E-state index contributed by atoms with van der Waals surface area (Å²) in [5, 5.41) is 4.74. The molecule has 0 bridgehead atoms. The molecule has 1 heterocycles. The van der Waals surface area contributed by atoms with E-state index in [-0.39, 0.29) is 18.7 Å². The monoisotopic (exact) mass is 455 g/mol. The molecule has 0 spiro atoms. The summed E-state index contributed by atoms with van der Waals surface area (Å²) in [6, 6.07) is 15.9. The van der Waals surface area contributed by atoms with Gasteiger partial charge in [-0.1, -0.05) is 48.0 Å². The molecule has 0 fully saturated rings. The maximum Gasteiger partial charge on any atom is 0.341 e. The normalized spacial score (nSPS) is 10.4. The lowest BCUT2D eigenvalue weighted by atomic mass is 10.2. The van der Waals surface area contributed by atoms with Crippen molar-refractivity contribution in [2.24, 2.45) is 0 Å². The number of halogens is 1. The molecular weight excluding hydrogens is 434 g/mol. The van der Waals surface area contributed by atoms with Crippen LogP contribution in [0.2, 0.25) is 5.02 Å². The highest BCUT2D eigenvalue weighted by Gasteiger charge is 2.22. The number of benzene rings is 2. The van der Waals surface area contributed by atoms with E-state index in [9.17, 15) is 14.4 Å². The largest absolute Gasteiger partial charge is 0.465 e. The van der Waals surface area contributed by atoms with Gasteiger partial charge in [-0.3, -0.25) is 19.2 Å². The van der Waals surface area contributed by atoms with Crippen LogP contribution >= 0.6 is 11.6 Å². The van der Waals surface area contributed by atoms with Gasteiger partial charge < -0.3 is 9.47 Å². The standard InChI is InChI=1S/C23H22ClN3O5/c1-2-31-22(29)15-27(19-9-4-3-5-10-19)21(28)16-32-23(30)18-12-25-26(14-18)13-17-8-6-7-11-20(17)24/h3-12,14H,2,13,15-16H2,1H3. The molecule has 0 aliphatic rings. The van der Waals surface area contributed by atoms with Crippen LogP contribution < -0.4 is 4.90 Å². The second-order valence-corrected chi connectivity index (χ2v) is 7.12. The van der Waals surface area contributed by atoms with Crippen molar-refractivity contribution in [3.63, 3.8) is 0 Å². The van der Waals surface area contributed by atoms with Gasteiger partial charge in [0.1, 0.15) is 6.54 Å². The van der Waals surface area contributed by atoms with Crippen LogP contribution in [0.4, 0.5) is 5.69 Å². The number of amides is 1. The van der Waals surface area contributed by atoms with Crippen molar-refractivity contribution in [3.8, 4) is 0 Å². The summed E-state index contributed by atoms with van der Waals surface area (Å²) in [4.78, 5) is 38.2. The van der Waals surface area contributed by atoms with Crippen molar-refractivity contribution in [1.82, 2.24) is 9.78 Å². The Morgan fingerprint density at radius 2 is 1.75 bits per heavy atom. The third-order valence-electron chi connectivity index (χ3n) is 4.45. The quantitative estimate of drug-likeness (QED) is 0.460. The first kappa shape index (κ1) is 23.0. The molecule has 3 rings (SSSR count). The topological polar surface area (TPSA) is 90.7 Å². The summed E-state index contributed by atoms with van der Waals surface area (Å²) >= 11 is 6.16. The Hall–Kier alpha value is -3.65. The fourth-order valence-electron chi connectivity index (χ4n) is 2.91. The van der Waals surface area contributed by atoms with Crippen LogP contribution in [0.25, 0.3) is 0 Å². The summed E-state index contributed by atoms with van der Waals surface area (Å²) in [6.45, 7) is 1.43. The highest BCUT2D eigenvalue weighted by atomic mass is 35.5. The fraction of sp³-hybridized carbons (Fsp3) is 0.217. The first-order chi connectivity index (χ1) is 15.5. The van der Waals surface area contributed by atoms with E-state index >= 15 is 0 Å². The van der Waals surface area contributed by atoms with Crippen LogP contribution in [-0.2, 0) is 25.6 Å². The van der Waals surface area contributed by atoms with E-state index in [1.165, 1.54) is 17.3 Å². The molecular formula is C23H22ClN3O5. The maximum absolute atomic E-state index is 12.7. The van der Waals surface area contributed by atoms with Crippen LogP contribution in [-0.4, -0.2) is 47.4 Å². The molecule has 0 saturated heterocycles. The highest BCUT2D eigenvalue weighted by molar-refractivity contribution is 6.31. The zero-order chi connectivity index (χ0) is 22.9. The molecule has 3 aromatic rings. The summed E-state index contributed by atoms with van der Waals surface area (Å²) in [5.41, 5.74) is 1.54. The number of aromatic nitrogens is 2. The third kappa shape index (κ3) is 6.18. The number of esters is 2. The van der Waals surface area contributed by atoms with Crippen molar-refractivity contribution in [3.05, 3.63) is 83.1 Å². The van der Waals surface area contributed by atoms with Crippen LogP contribution in [0.5, 0.6) is 0 Å². The van der Waals surface area contributed by atoms with E-state index in [0.29, 0.717) is 17.3 Å². The molecule has 9 heteroatoms. The molecule has 0 unspecified atom stereocenters. The van der Waals surface area contributed by atoms with Crippen molar-refractivity contribution in [2.45, 2.75) is 13.5 Å². The predicted molar refractivity (Wildman–Crippen MR) is 118 cm³/mol. The van der Waals surface area contributed by atoms with E-state index in [1.54, 1.807) is 48.0 Å².